The van der Waals surface area contributed by atoms with E-state index in [0.29, 0.717) is 24.8 Å². The number of hydrogen-bond acceptors (Lipinski definition) is 7. The van der Waals surface area contributed by atoms with Crippen molar-refractivity contribution < 1.29 is 33.4 Å². The van der Waals surface area contributed by atoms with Crippen LogP contribution in [0.4, 0.5) is 0 Å². The normalized spacial score (nSPS) is 29.3. The van der Waals surface area contributed by atoms with Crippen LogP contribution in [0.3, 0.4) is 0 Å². The van der Waals surface area contributed by atoms with Gasteiger partial charge in [-0.3, -0.25) is 14.4 Å². The van der Waals surface area contributed by atoms with Crippen molar-refractivity contribution in [3.8, 4) is 0 Å². The molecule has 0 saturated carbocycles. The van der Waals surface area contributed by atoms with Crippen molar-refractivity contribution in [3.05, 3.63) is 35.5 Å². The average molecular weight is 404 g/mol. The van der Waals surface area contributed by atoms with Gasteiger partial charge in [0.15, 0.2) is 0 Å². The molecule has 158 valence electrons. The average Bonchev–Trinajstić information content (AvgIpc) is 2.96. The fourth-order valence-electron chi connectivity index (χ4n) is 3.34. The Labute approximate surface area is 170 Å². The second-order valence-electron chi connectivity index (χ2n) is 7.45. The molecule has 2 rings (SSSR count). The first-order valence-electron chi connectivity index (χ1n) is 9.84. The van der Waals surface area contributed by atoms with Crippen LogP contribution in [-0.2, 0) is 33.4 Å². The van der Waals surface area contributed by atoms with E-state index >= 15 is 0 Å². The molecular formula is C22H28O7. The van der Waals surface area contributed by atoms with E-state index in [1.165, 1.54) is 6.92 Å². The lowest BCUT2D eigenvalue weighted by molar-refractivity contribution is -0.156. The van der Waals surface area contributed by atoms with Gasteiger partial charge in [0.25, 0.3) is 0 Å². The summed E-state index contributed by atoms with van der Waals surface area (Å²) < 4.78 is 16.3. The Hall–Kier alpha value is -2.70. The summed E-state index contributed by atoms with van der Waals surface area (Å²) in [6.45, 7) is 8.85. The van der Waals surface area contributed by atoms with E-state index in [1.807, 2.05) is 6.92 Å². The van der Waals surface area contributed by atoms with Gasteiger partial charge in [-0.05, 0) is 36.5 Å². The number of fused-ring (bicyclic) bond motifs is 1. The molecule has 0 aromatic carbocycles. The predicted molar refractivity (Wildman–Crippen MR) is 105 cm³/mol. The van der Waals surface area contributed by atoms with Crippen molar-refractivity contribution >= 4 is 24.2 Å². The third kappa shape index (κ3) is 5.89. The molecule has 0 aromatic rings. The van der Waals surface area contributed by atoms with Crippen LogP contribution in [0, 0.1) is 11.8 Å². The van der Waals surface area contributed by atoms with Gasteiger partial charge in [-0.25, -0.2) is 4.79 Å². The summed E-state index contributed by atoms with van der Waals surface area (Å²) in [5.74, 6) is -2.31. The second kappa shape index (κ2) is 10.2. The molecule has 1 aliphatic heterocycles. The van der Waals surface area contributed by atoms with Gasteiger partial charge in [-0.1, -0.05) is 26.5 Å². The largest absolute Gasteiger partial charge is 0.461 e. The minimum Gasteiger partial charge on any atom is -0.461 e. The van der Waals surface area contributed by atoms with E-state index < -0.39 is 36.0 Å². The van der Waals surface area contributed by atoms with Crippen LogP contribution in [0.2, 0.25) is 0 Å². The first-order valence-corrected chi connectivity index (χ1v) is 9.84. The van der Waals surface area contributed by atoms with E-state index in [-0.39, 0.29) is 24.5 Å². The summed E-state index contributed by atoms with van der Waals surface area (Å²) in [5.41, 5.74) is 1.44. The third-order valence-corrected chi connectivity index (χ3v) is 5.27. The van der Waals surface area contributed by atoms with Gasteiger partial charge in [0.05, 0.1) is 11.8 Å². The smallest absolute Gasteiger partial charge is 0.334 e. The highest BCUT2D eigenvalue weighted by Crippen LogP contribution is 2.36. The molecule has 0 amide bonds. The number of aldehydes is 1. The third-order valence-electron chi connectivity index (χ3n) is 5.27. The SMILES string of the molecule is C=C1C(=O)O[C@@H]2/C=C(/COC(C)=O)CC/C=C(/C=O)C[C@@H](OC(=O)[C@H](C)CC)[C@@H]12. The summed E-state index contributed by atoms with van der Waals surface area (Å²) in [7, 11) is 0. The summed E-state index contributed by atoms with van der Waals surface area (Å²) in [5, 5.41) is 0. The lowest BCUT2D eigenvalue weighted by atomic mass is 9.85. The van der Waals surface area contributed by atoms with E-state index in [1.54, 1.807) is 19.1 Å². The molecule has 7 nitrogen and oxygen atoms in total. The zero-order chi connectivity index (χ0) is 21.6. The minimum atomic E-state index is -0.763. The lowest BCUT2D eigenvalue weighted by Crippen LogP contribution is -2.35. The standard InChI is InChI=1S/C22H28O7/c1-5-13(2)21(25)28-18-9-16(11-23)7-6-8-17(12-27-15(4)24)10-19-20(18)14(3)22(26)29-19/h7,10-11,13,18-20H,3,5-6,8-9,12H2,1-2,4H3/b16-7+,17-10+/t13-,18-,19-,20-/m1/s1. The second-order valence-corrected chi connectivity index (χ2v) is 7.45. The van der Waals surface area contributed by atoms with Crippen LogP contribution in [0.15, 0.2) is 35.5 Å². The van der Waals surface area contributed by atoms with Crippen molar-refractivity contribution in [3.63, 3.8) is 0 Å². The van der Waals surface area contributed by atoms with Crippen LogP contribution in [-0.4, -0.2) is 43.0 Å². The zero-order valence-corrected chi connectivity index (χ0v) is 17.1. The molecule has 29 heavy (non-hydrogen) atoms. The Kier molecular flexibility index (Phi) is 7.93. The molecule has 0 bridgehead atoms. The molecule has 0 radical (unpaired) electrons. The monoisotopic (exact) mass is 404 g/mol. The Bertz CT molecular complexity index is 746. The molecule has 1 fully saturated rings. The lowest BCUT2D eigenvalue weighted by Gasteiger charge is -2.28. The summed E-state index contributed by atoms with van der Waals surface area (Å²) in [6, 6.07) is 0. The number of carbonyl (C=O) groups excluding carboxylic acids is 4. The molecule has 1 aliphatic carbocycles. The number of rotatable bonds is 6. The molecule has 2 aliphatic rings. The quantitative estimate of drug-likeness (QED) is 0.221. The molecule has 0 aromatic heterocycles. The topological polar surface area (TPSA) is 96.0 Å². The van der Waals surface area contributed by atoms with Gasteiger partial charge < -0.3 is 14.2 Å². The predicted octanol–water partition coefficient (Wildman–Crippen LogP) is 2.84. The molecule has 1 heterocycles. The van der Waals surface area contributed by atoms with Crippen molar-refractivity contribution in [1.82, 2.24) is 0 Å². The highest BCUT2D eigenvalue weighted by atomic mass is 16.6. The Morgan fingerprint density at radius 2 is 2.14 bits per heavy atom. The molecule has 0 N–H and O–H groups in total. The van der Waals surface area contributed by atoms with E-state index in [4.69, 9.17) is 14.2 Å². The number of allylic oxidation sites excluding steroid dienone is 1. The first kappa shape index (κ1) is 22.6. The highest BCUT2D eigenvalue weighted by molar-refractivity contribution is 5.91. The maximum Gasteiger partial charge on any atom is 0.334 e. The van der Waals surface area contributed by atoms with Crippen molar-refractivity contribution in [2.75, 3.05) is 6.61 Å². The van der Waals surface area contributed by atoms with E-state index in [2.05, 4.69) is 6.58 Å². The zero-order valence-electron chi connectivity index (χ0n) is 17.1. The van der Waals surface area contributed by atoms with Crippen molar-refractivity contribution in [2.45, 2.75) is 58.7 Å². The number of carbonyl (C=O) groups is 4. The highest BCUT2D eigenvalue weighted by Gasteiger charge is 2.45. The van der Waals surface area contributed by atoms with Crippen LogP contribution in [0.1, 0.15) is 46.5 Å². The van der Waals surface area contributed by atoms with Crippen LogP contribution >= 0.6 is 0 Å². The van der Waals surface area contributed by atoms with Crippen LogP contribution in [0.25, 0.3) is 0 Å². The van der Waals surface area contributed by atoms with Crippen LogP contribution in [0.5, 0.6) is 0 Å². The molecule has 7 heteroatoms. The molecule has 4 atom stereocenters. The van der Waals surface area contributed by atoms with Gasteiger partial charge >= 0.3 is 17.9 Å². The minimum absolute atomic E-state index is 0.0597. The van der Waals surface area contributed by atoms with Crippen molar-refractivity contribution in [2.24, 2.45) is 11.8 Å². The maximum absolute atomic E-state index is 12.4. The van der Waals surface area contributed by atoms with Gasteiger partial charge in [0, 0.05) is 18.9 Å². The fourth-order valence-corrected chi connectivity index (χ4v) is 3.34. The number of esters is 3. The first-order chi connectivity index (χ1) is 13.8. The Morgan fingerprint density at radius 1 is 1.41 bits per heavy atom. The van der Waals surface area contributed by atoms with E-state index in [9.17, 15) is 19.2 Å². The van der Waals surface area contributed by atoms with Crippen molar-refractivity contribution in [1.29, 1.82) is 0 Å². The molecular weight excluding hydrogens is 376 g/mol. The van der Waals surface area contributed by atoms with Gasteiger partial charge in [0.1, 0.15) is 25.1 Å². The Balaban J connectivity index is 2.41. The summed E-state index contributed by atoms with van der Waals surface area (Å²) >= 11 is 0. The number of hydrogen-bond donors (Lipinski definition) is 0. The van der Waals surface area contributed by atoms with Gasteiger partial charge in [-0.2, -0.15) is 0 Å². The Morgan fingerprint density at radius 3 is 2.76 bits per heavy atom. The summed E-state index contributed by atoms with van der Waals surface area (Å²) in [4.78, 5) is 47.4. The fraction of sp³-hybridized carbons (Fsp3) is 0.545. The van der Waals surface area contributed by atoms with E-state index in [0.717, 1.165) is 11.9 Å². The maximum atomic E-state index is 12.4. The number of ether oxygens (including phenoxy) is 3. The van der Waals surface area contributed by atoms with Gasteiger partial charge in [0.2, 0.25) is 0 Å². The molecule has 0 unspecified atom stereocenters. The summed E-state index contributed by atoms with van der Waals surface area (Å²) in [6.07, 6.45) is 4.65. The van der Waals surface area contributed by atoms with Crippen LogP contribution < -0.4 is 0 Å². The molecule has 0 spiro atoms. The van der Waals surface area contributed by atoms with Gasteiger partial charge in [-0.15, -0.1) is 0 Å². The molecule has 1 saturated heterocycles.